The summed E-state index contributed by atoms with van der Waals surface area (Å²) in [5.41, 5.74) is 1.04. The Hall–Kier alpha value is -2.08. The maximum atomic E-state index is 5.36. The quantitative estimate of drug-likeness (QED) is 0.870. The largest absolute Gasteiger partial charge is 0.497 e. The Morgan fingerprint density at radius 3 is 2.70 bits per heavy atom. The van der Waals surface area contributed by atoms with Crippen molar-refractivity contribution in [3.63, 3.8) is 0 Å². The van der Waals surface area contributed by atoms with Crippen molar-refractivity contribution < 1.29 is 9.47 Å². The number of methoxy groups -OCH3 is 2. The third-order valence-corrected chi connectivity index (χ3v) is 3.22. The summed E-state index contributed by atoms with van der Waals surface area (Å²) in [6.07, 6.45) is 1.69. The van der Waals surface area contributed by atoms with Gasteiger partial charge in [-0.05, 0) is 25.1 Å². The fourth-order valence-corrected chi connectivity index (χ4v) is 2.06. The third kappa shape index (κ3) is 3.08. The average Bonchev–Trinajstić information content (AvgIpc) is 2.90. The summed E-state index contributed by atoms with van der Waals surface area (Å²) in [5, 5.41) is 11.4. The van der Waals surface area contributed by atoms with E-state index in [1.807, 2.05) is 29.8 Å². The molecular weight excluding hydrogens is 256 g/mol. The molecule has 1 aromatic carbocycles. The van der Waals surface area contributed by atoms with E-state index in [-0.39, 0.29) is 6.04 Å². The molecule has 0 aliphatic rings. The zero-order valence-corrected chi connectivity index (χ0v) is 12.3. The zero-order valence-electron chi connectivity index (χ0n) is 12.3. The van der Waals surface area contributed by atoms with Crippen molar-refractivity contribution >= 4 is 0 Å². The highest BCUT2D eigenvalue weighted by Gasteiger charge is 2.12. The van der Waals surface area contributed by atoms with Crippen LogP contribution in [0.1, 0.15) is 24.4 Å². The number of aromatic nitrogens is 3. The first-order valence-electron chi connectivity index (χ1n) is 6.44. The molecule has 0 saturated carbocycles. The molecule has 1 aromatic heterocycles. The van der Waals surface area contributed by atoms with Crippen LogP contribution in [0.15, 0.2) is 24.5 Å². The molecule has 1 N–H and O–H groups in total. The SMILES string of the molecule is COc1ccc(OC)c(CNC(C)c2nncn2C)c1. The highest BCUT2D eigenvalue weighted by atomic mass is 16.5. The molecule has 1 unspecified atom stereocenters. The predicted molar refractivity (Wildman–Crippen MR) is 75.8 cm³/mol. The second-order valence-corrected chi connectivity index (χ2v) is 4.58. The summed E-state index contributed by atoms with van der Waals surface area (Å²) in [6, 6.07) is 5.85. The molecule has 0 saturated heterocycles. The first-order chi connectivity index (χ1) is 9.65. The average molecular weight is 276 g/mol. The zero-order chi connectivity index (χ0) is 14.5. The van der Waals surface area contributed by atoms with Gasteiger partial charge in [0, 0.05) is 19.2 Å². The summed E-state index contributed by atoms with van der Waals surface area (Å²) in [5.74, 6) is 2.55. The van der Waals surface area contributed by atoms with Gasteiger partial charge < -0.3 is 19.4 Å². The number of benzene rings is 1. The van der Waals surface area contributed by atoms with Crippen LogP contribution in [0.4, 0.5) is 0 Å². The van der Waals surface area contributed by atoms with E-state index < -0.39 is 0 Å². The number of hydrogen-bond acceptors (Lipinski definition) is 5. The van der Waals surface area contributed by atoms with E-state index in [0.717, 1.165) is 22.9 Å². The van der Waals surface area contributed by atoms with Gasteiger partial charge in [0.1, 0.15) is 23.7 Å². The van der Waals surface area contributed by atoms with Crippen molar-refractivity contribution in [3.05, 3.63) is 35.9 Å². The molecule has 20 heavy (non-hydrogen) atoms. The minimum absolute atomic E-state index is 0.0957. The van der Waals surface area contributed by atoms with Gasteiger partial charge in [-0.2, -0.15) is 0 Å². The minimum Gasteiger partial charge on any atom is -0.497 e. The highest BCUT2D eigenvalue weighted by Crippen LogP contribution is 2.24. The first kappa shape index (κ1) is 14.3. The number of ether oxygens (including phenoxy) is 2. The lowest BCUT2D eigenvalue weighted by molar-refractivity contribution is 0.395. The van der Waals surface area contributed by atoms with Gasteiger partial charge in [0.15, 0.2) is 0 Å². The Kier molecular flexibility index (Phi) is 4.57. The van der Waals surface area contributed by atoms with Gasteiger partial charge in [-0.1, -0.05) is 0 Å². The predicted octanol–water partition coefficient (Wildman–Crippen LogP) is 1.68. The molecule has 6 nitrogen and oxygen atoms in total. The topological polar surface area (TPSA) is 61.2 Å². The van der Waals surface area contributed by atoms with Gasteiger partial charge in [-0.15, -0.1) is 10.2 Å². The summed E-state index contributed by atoms with van der Waals surface area (Å²) >= 11 is 0. The maximum Gasteiger partial charge on any atom is 0.149 e. The molecule has 0 aliphatic carbocycles. The molecule has 0 radical (unpaired) electrons. The van der Waals surface area contributed by atoms with E-state index in [1.165, 1.54) is 0 Å². The van der Waals surface area contributed by atoms with E-state index in [9.17, 15) is 0 Å². The lowest BCUT2D eigenvalue weighted by atomic mass is 10.1. The van der Waals surface area contributed by atoms with E-state index >= 15 is 0 Å². The van der Waals surface area contributed by atoms with E-state index in [0.29, 0.717) is 6.54 Å². The Morgan fingerprint density at radius 1 is 1.30 bits per heavy atom. The van der Waals surface area contributed by atoms with Crippen LogP contribution >= 0.6 is 0 Å². The van der Waals surface area contributed by atoms with Crippen LogP contribution < -0.4 is 14.8 Å². The minimum atomic E-state index is 0.0957. The van der Waals surface area contributed by atoms with Crippen LogP contribution in [0.3, 0.4) is 0 Å². The molecule has 2 rings (SSSR count). The molecule has 0 amide bonds. The molecule has 2 aromatic rings. The Labute approximate surface area is 118 Å². The van der Waals surface area contributed by atoms with Crippen molar-refractivity contribution in [2.75, 3.05) is 14.2 Å². The summed E-state index contributed by atoms with van der Waals surface area (Å²) < 4.78 is 12.5. The Morgan fingerprint density at radius 2 is 2.10 bits per heavy atom. The standard InChI is InChI=1S/C14H20N4O2/c1-10(14-17-16-9-18(14)2)15-8-11-7-12(19-3)5-6-13(11)20-4/h5-7,9-10,15H,8H2,1-4H3. The van der Waals surface area contributed by atoms with Crippen LogP contribution in [0.2, 0.25) is 0 Å². The Bertz CT molecular complexity index is 568. The molecule has 0 spiro atoms. The van der Waals surface area contributed by atoms with E-state index in [1.54, 1.807) is 20.5 Å². The maximum absolute atomic E-state index is 5.36. The first-order valence-corrected chi connectivity index (χ1v) is 6.44. The lowest BCUT2D eigenvalue weighted by Gasteiger charge is -2.15. The number of rotatable bonds is 6. The molecule has 0 bridgehead atoms. The van der Waals surface area contributed by atoms with E-state index in [4.69, 9.17) is 9.47 Å². The van der Waals surface area contributed by atoms with Crippen molar-refractivity contribution in [3.8, 4) is 11.5 Å². The summed E-state index contributed by atoms with van der Waals surface area (Å²) in [7, 11) is 5.25. The summed E-state index contributed by atoms with van der Waals surface area (Å²) in [4.78, 5) is 0. The third-order valence-electron chi connectivity index (χ3n) is 3.22. The van der Waals surface area contributed by atoms with Crippen molar-refractivity contribution in [1.82, 2.24) is 20.1 Å². The number of nitrogens with zero attached hydrogens (tertiary/aromatic N) is 3. The van der Waals surface area contributed by atoms with Gasteiger partial charge >= 0.3 is 0 Å². The normalized spacial score (nSPS) is 12.2. The van der Waals surface area contributed by atoms with Crippen LogP contribution in [0, 0.1) is 0 Å². The van der Waals surface area contributed by atoms with Crippen molar-refractivity contribution in [2.24, 2.45) is 7.05 Å². The molecule has 6 heteroatoms. The van der Waals surface area contributed by atoms with Crippen LogP contribution in [0.5, 0.6) is 11.5 Å². The van der Waals surface area contributed by atoms with Gasteiger partial charge in [0.2, 0.25) is 0 Å². The molecule has 108 valence electrons. The summed E-state index contributed by atoms with van der Waals surface area (Å²) in [6.45, 7) is 2.71. The molecular formula is C14H20N4O2. The van der Waals surface area contributed by atoms with Gasteiger partial charge in [-0.3, -0.25) is 0 Å². The fraction of sp³-hybridized carbons (Fsp3) is 0.429. The van der Waals surface area contributed by atoms with Crippen LogP contribution in [0.25, 0.3) is 0 Å². The van der Waals surface area contributed by atoms with Crippen molar-refractivity contribution in [1.29, 1.82) is 0 Å². The second-order valence-electron chi connectivity index (χ2n) is 4.58. The number of aryl methyl sites for hydroxylation is 1. The smallest absolute Gasteiger partial charge is 0.149 e. The molecule has 0 aliphatic heterocycles. The van der Waals surface area contributed by atoms with Gasteiger partial charge in [0.05, 0.1) is 20.3 Å². The fourth-order valence-electron chi connectivity index (χ4n) is 2.06. The molecule has 1 heterocycles. The lowest BCUT2D eigenvalue weighted by Crippen LogP contribution is -2.21. The van der Waals surface area contributed by atoms with Gasteiger partial charge in [-0.25, -0.2) is 0 Å². The van der Waals surface area contributed by atoms with E-state index in [2.05, 4.69) is 22.4 Å². The van der Waals surface area contributed by atoms with Crippen LogP contribution in [-0.2, 0) is 13.6 Å². The van der Waals surface area contributed by atoms with Crippen molar-refractivity contribution in [2.45, 2.75) is 19.5 Å². The van der Waals surface area contributed by atoms with Crippen LogP contribution in [-0.4, -0.2) is 29.0 Å². The second kappa shape index (κ2) is 6.38. The monoisotopic (exact) mass is 276 g/mol. The number of nitrogens with one attached hydrogen (secondary N) is 1. The van der Waals surface area contributed by atoms with Gasteiger partial charge in [0.25, 0.3) is 0 Å². The number of hydrogen-bond donors (Lipinski definition) is 1. The molecule has 1 atom stereocenters. The highest BCUT2D eigenvalue weighted by molar-refractivity contribution is 5.40. The Balaban J connectivity index is 2.08. The molecule has 0 fully saturated rings.